The van der Waals surface area contributed by atoms with E-state index >= 15 is 0 Å². The van der Waals surface area contributed by atoms with Crippen molar-refractivity contribution in [1.29, 1.82) is 0 Å². The Morgan fingerprint density at radius 1 is 1.30 bits per heavy atom. The van der Waals surface area contributed by atoms with Crippen LogP contribution in [0.15, 0.2) is 18.2 Å². The first-order valence-electron chi connectivity index (χ1n) is 7.75. The van der Waals surface area contributed by atoms with Gasteiger partial charge in [-0.2, -0.15) is 0 Å². The van der Waals surface area contributed by atoms with Gasteiger partial charge in [-0.1, -0.05) is 32.3 Å². The first kappa shape index (κ1) is 14.9. The normalized spacial score (nSPS) is 22.4. The molecule has 1 aliphatic carbocycles. The molecule has 110 valence electrons. The largest absolute Gasteiger partial charge is 0.382 e. The molecule has 1 amide bonds. The van der Waals surface area contributed by atoms with E-state index in [1.165, 1.54) is 32.1 Å². The van der Waals surface area contributed by atoms with Crippen LogP contribution in [-0.2, 0) is 4.79 Å². The Balaban J connectivity index is 2.10. The third-order valence-corrected chi connectivity index (χ3v) is 4.33. The fraction of sp³-hybridized carbons (Fsp3) is 0.588. The number of hydrogen-bond acceptors (Lipinski definition) is 2. The van der Waals surface area contributed by atoms with E-state index < -0.39 is 0 Å². The van der Waals surface area contributed by atoms with Crippen molar-refractivity contribution in [2.75, 3.05) is 10.6 Å². The monoisotopic (exact) mass is 274 g/mol. The Hall–Kier alpha value is -1.51. The highest BCUT2D eigenvalue weighted by atomic mass is 16.1. The molecule has 1 aliphatic rings. The Labute approximate surface area is 122 Å². The number of carbonyl (C=O) groups excluding carboxylic acids is 1. The molecule has 0 bridgehead atoms. The average Bonchev–Trinajstić information content (AvgIpc) is 2.42. The lowest BCUT2D eigenvalue weighted by Crippen LogP contribution is -2.31. The number of carbonyl (C=O) groups is 1. The Morgan fingerprint density at radius 3 is 2.75 bits per heavy atom. The van der Waals surface area contributed by atoms with E-state index in [0.717, 1.165) is 22.9 Å². The van der Waals surface area contributed by atoms with Crippen molar-refractivity contribution in [1.82, 2.24) is 0 Å². The molecule has 0 spiro atoms. The van der Waals surface area contributed by atoms with Gasteiger partial charge in [-0.15, -0.1) is 0 Å². The molecule has 2 atom stereocenters. The second kappa shape index (κ2) is 6.78. The summed E-state index contributed by atoms with van der Waals surface area (Å²) in [4.78, 5) is 11.2. The van der Waals surface area contributed by atoms with Gasteiger partial charge in [0, 0.05) is 24.3 Å². The predicted molar refractivity (Wildman–Crippen MR) is 85.1 cm³/mol. The summed E-state index contributed by atoms with van der Waals surface area (Å²) in [6.07, 6.45) is 6.50. The maximum absolute atomic E-state index is 11.2. The fourth-order valence-electron chi connectivity index (χ4n) is 3.14. The quantitative estimate of drug-likeness (QED) is 0.857. The van der Waals surface area contributed by atoms with Crippen molar-refractivity contribution in [3.05, 3.63) is 23.8 Å². The van der Waals surface area contributed by atoms with Gasteiger partial charge < -0.3 is 10.6 Å². The van der Waals surface area contributed by atoms with Crippen molar-refractivity contribution in [3.63, 3.8) is 0 Å². The van der Waals surface area contributed by atoms with E-state index in [-0.39, 0.29) is 5.91 Å². The van der Waals surface area contributed by atoms with Crippen LogP contribution in [-0.4, -0.2) is 11.9 Å². The maximum Gasteiger partial charge on any atom is 0.221 e. The van der Waals surface area contributed by atoms with Crippen LogP contribution < -0.4 is 10.6 Å². The molecule has 1 saturated carbocycles. The molecule has 2 N–H and O–H groups in total. The van der Waals surface area contributed by atoms with Gasteiger partial charge in [0.1, 0.15) is 0 Å². The van der Waals surface area contributed by atoms with Crippen LogP contribution in [0.4, 0.5) is 11.4 Å². The smallest absolute Gasteiger partial charge is 0.221 e. The Morgan fingerprint density at radius 2 is 2.05 bits per heavy atom. The molecule has 1 aromatic carbocycles. The molecule has 0 aromatic heterocycles. The summed E-state index contributed by atoms with van der Waals surface area (Å²) >= 11 is 0. The van der Waals surface area contributed by atoms with Crippen molar-refractivity contribution >= 4 is 17.3 Å². The molecule has 3 nitrogen and oxygen atoms in total. The van der Waals surface area contributed by atoms with E-state index in [2.05, 4.69) is 35.8 Å². The lowest BCUT2D eigenvalue weighted by atomic mass is 9.83. The predicted octanol–water partition coefficient (Wildman–Crippen LogP) is 4.33. The van der Waals surface area contributed by atoms with Gasteiger partial charge in [-0.3, -0.25) is 4.79 Å². The molecule has 0 saturated heterocycles. The highest BCUT2D eigenvalue weighted by molar-refractivity contribution is 5.90. The summed E-state index contributed by atoms with van der Waals surface area (Å²) in [5, 5.41) is 6.57. The van der Waals surface area contributed by atoms with Gasteiger partial charge in [0.2, 0.25) is 5.91 Å². The van der Waals surface area contributed by atoms with Gasteiger partial charge in [-0.25, -0.2) is 0 Å². The molecular formula is C17H26N2O. The standard InChI is InChI=1S/C17H26N2O/c1-4-14-7-5-6-8-16(14)19-15-10-9-12(2)17(11-15)18-13(3)20/h9-11,14,16,19H,4-8H2,1-3H3,(H,18,20). The van der Waals surface area contributed by atoms with E-state index in [0.29, 0.717) is 6.04 Å². The molecule has 0 heterocycles. The molecule has 2 rings (SSSR count). The van der Waals surface area contributed by atoms with Crippen LogP contribution >= 0.6 is 0 Å². The average molecular weight is 274 g/mol. The third kappa shape index (κ3) is 3.75. The van der Waals surface area contributed by atoms with Gasteiger partial charge >= 0.3 is 0 Å². The number of nitrogens with one attached hydrogen (secondary N) is 2. The fourth-order valence-corrected chi connectivity index (χ4v) is 3.14. The first-order chi connectivity index (χ1) is 9.60. The topological polar surface area (TPSA) is 41.1 Å². The van der Waals surface area contributed by atoms with Crippen LogP contribution in [0.25, 0.3) is 0 Å². The minimum Gasteiger partial charge on any atom is -0.382 e. The SMILES string of the molecule is CCC1CCCCC1Nc1ccc(C)c(NC(C)=O)c1. The van der Waals surface area contributed by atoms with E-state index in [4.69, 9.17) is 0 Å². The van der Waals surface area contributed by atoms with Crippen LogP contribution in [0.1, 0.15) is 51.5 Å². The maximum atomic E-state index is 11.2. The number of rotatable bonds is 4. The highest BCUT2D eigenvalue weighted by Crippen LogP contribution is 2.30. The molecule has 3 heteroatoms. The number of hydrogen-bond donors (Lipinski definition) is 2. The first-order valence-corrected chi connectivity index (χ1v) is 7.75. The molecule has 1 aromatic rings. The number of aryl methyl sites for hydroxylation is 1. The zero-order chi connectivity index (χ0) is 14.5. The zero-order valence-corrected chi connectivity index (χ0v) is 12.8. The number of benzene rings is 1. The number of anilines is 2. The summed E-state index contributed by atoms with van der Waals surface area (Å²) in [5.74, 6) is 0.753. The van der Waals surface area contributed by atoms with Crippen LogP contribution in [0.3, 0.4) is 0 Å². The van der Waals surface area contributed by atoms with Crippen molar-refractivity contribution in [2.24, 2.45) is 5.92 Å². The van der Waals surface area contributed by atoms with Crippen molar-refractivity contribution in [2.45, 2.75) is 58.9 Å². The van der Waals surface area contributed by atoms with Gasteiger partial charge in [-0.05, 0) is 43.4 Å². The summed E-state index contributed by atoms with van der Waals surface area (Å²) in [7, 11) is 0. The van der Waals surface area contributed by atoms with Crippen LogP contribution in [0.5, 0.6) is 0 Å². The van der Waals surface area contributed by atoms with Crippen LogP contribution in [0, 0.1) is 12.8 Å². The second-order valence-electron chi connectivity index (χ2n) is 5.91. The summed E-state index contributed by atoms with van der Waals surface area (Å²) in [5.41, 5.74) is 3.12. The Bertz CT molecular complexity index is 470. The number of amides is 1. The minimum atomic E-state index is -0.0191. The van der Waals surface area contributed by atoms with Crippen LogP contribution in [0.2, 0.25) is 0 Å². The summed E-state index contributed by atoms with van der Waals surface area (Å²) in [6.45, 7) is 5.85. The molecule has 0 aliphatic heterocycles. The van der Waals surface area contributed by atoms with E-state index in [1.54, 1.807) is 6.92 Å². The summed E-state index contributed by atoms with van der Waals surface area (Å²) < 4.78 is 0. The molecule has 2 unspecified atom stereocenters. The molecule has 1 fully saturated rings. The third-order valence-electron chi connectivity index (χ3n) is 4.33. The second-order valence-corrected chi connectivity index (χ2v) is 5.91. The van der Waals surface area contributed by atoms with E-state index in [1.807, 2.05) is 6.92 Å². The van der Waals surface area contributed by atoms with Crippen molar-refractivity contribution < 1.29 is 4.79 Å². The highest BCUT2D eigenvalue weighted by Gasteiger charge is 2.23. The molecule has 20 heavy (non-hydrogen) atoms. The zero-order valence-electron chi connectivity index (χ0n) is 12.8. The Kier molecular flexibility index (Phi) is 5.05. The minimum absolute atomic E-state index is 0.0191. The van der Waals surface area contributed by atoms with Gasteiger partial charge in [0.15, 0.2) is 0 Å². The van der Waals surface area contributed by atoms with Gasteiger partial charge in [0.25, 0.3) is 0 Å². The van der Waals surface area contributed by atoms with Crippen molar-refractivity contribution in [3.8, 4) is 0 Å². The molecular weight excluding hydrogens is 248 g/mol. The lowest BCUT2D eigenvalue weighted by Gasteiger charge is -2.32. The van der Waals surface area contributed by atoms with Gasteiger partial charge in [0.05, 0.1) is 0 Å². The summed E-state index contributed by atoms with van der Waals surface area (Å²) in [6, 6.07) is 6.80. The van der Waals surface area contributed by atoms with E-state index in [9.17, 15) is 4.79 Å². The molecule has 0 radical (unpaired) electrons. The lowest BCUT2D eigenvalue weighted by molar-refractivity contribution is -0.114.